The number of benzene rings is 2. The van der Waals surface area contributed by atoms with Crippen molar-refractivity contribution in [2.75, 3.05) is 0 Å². The second-order valence-corrected chi connectivity index (χ2v) is 5.47. The Morgan fingerprint density at radius 2 is 2.00 bits per heavy atom. The number of fused-ring (bicyclic) bond motifs is 1. The highest BCUT2D eigenvalue weighted by molar-refractivity contribution is 6.31. The van der Waals surface area contributed by atoms with E-state index in [2.05, 4.69) is 4.98 Å². The Labute approximate surface area is 127 Å². The van der Waals surface area contributed by atoms with E-state index in [1.807, 2.05) is 56.3 Å². The molecular weight excluding hydrogens is 284 g/mol. The standard InChI is InChI=1S/C17H15ClN2O/c1-3-15-14-8-7-12(18)10-16(14)20(17(21)19-15)13-6-4-5-11(2)9-13/h4-10H,3H2,1-2H3. The molecule has 1 aromatic heterocycles. The third-order valence-electron chi connectivity index (χ3n) is 3.53. The SMILES string of the molecule is CCc1nc(=O)n(-c2cccc(C)c2)c2cc(Cl)ccc12. The molecule has 3 nitrogen and oxygen atoms in total. The summed E-state index contributed by atoms with van der Waals surface area (Å²) >= 11 is 6.12. The fourth-order valence-corrected chi connectivity index (χ4v) is 2.71. The van der Waals surface area contributed by atoms with E-state index in [0.29, 0.717) is 11.4 Å². The van der Waals surface area contributed by atoms with Crippen molar-refractivity contribution in [2.45, 2.75) is 20.3 Å². The number of rotatable bonds is 2. The van der Waals surface area contributed by atoms with Gasteiger partial charge in [0.25, 0.3) is 0 Å². The topological polar surface area (TPSA) is 34.9 Å². The Bertz CT molecular complexity index is 884. The van der Waals surface area contributed by atoms with Crippen LogP contribution in [-0.2, 0) is 6.42 Å². The fourth-order valence-electron chi connectivity index (χ4n) is 2.55. The van der Waals surface area contributed by atoms with Crippen molar-refractivity contribution in [1.82, 2.24) is 9.55 Å². The van der Waals surface area contributed by atoms with Crippen molar-refractivity contribution in [3.63, 3.8) is 0 Å². The molecule has 0 fully saturated rings. The molecule has 1 heterocycles. The third kappa shape index (κ3) is 2.45. The Balaban J connectivity index is 2.45. The van der Waals surface area contributed by atoms with Crippen molar-refractivity contribution in [2.24, 2.45) is 0 Å². The summed E-state index contributed by atoms with van der Waals surface area (Å²) in [5.74, 6) is 0. The molecule has 106 valence electrons. The maximum atomic E-state index is 12.4. The van der Waals surface area contributed by atoms with E-state index in [1.165, 1.54) is 0 Å². The van der Waals surface area contributed by atoms with E-state index in [-0.39, 0.29) is 5.69 Å². The average molecular weight is 299 g/mol. The van der Waals surface area contributed by atoms with Crippen molar-refractivity contribution in [3.05, 3.63) is 69.2 Å². The molecule has 0 aliphatic heterocycles. The summed E-state index contributed by atoms with van der Waals surface area (Å²) in [7, 11) is 0. The molecule has 0 bridgehead atoms. The number of halogens is 1. The van der Waals surface area contributed by atoms with Crippen LogP contribution in [0.3, 0.4) is 0 Å². The van der Waals surface area contributed by atoms with Gasteiger partial charge in [0.2, 0.25) is 0 Å². The van der Waals surface area contributed by atoms with Crippen LogP contribution in [0, 0.1) is 6.92 Å². The van der Waals surface area contributed by atoms with Gasteiger partial charge in [0.1, 0.15) is 0 Å². The van der Waals surface area contributed by atoms with Gasteiger partial charge in [-0.3, -0.25) is 4.57 Å². The summed E-state index contributed by atoms with van der Waals surface area (Å²) in [6.45, 7) is 3.99. The van der Waals surface area contributed by atoms with Crippen LogP contribution in [0.4, 0.5) is 0 Å². The molecule has 0 aliphatic carbocycles. The van der Waals surface area contributed by atoms with E-state index < -0.39 is 0 Å². The molecule has 0 amide bonds. The van der Waals surface area contributed by atoms with E-state index in [1.54, 1.807) is 4.57 Å². The van der Waals surface area contributed by atoms with Gasteiger partial charge in [-0.25, -0.2) is 4.79 Å². The maximum absolute atomic E-state index is 12.4. The van der Waals surface area contributed by atoms with Crippen molar-refractivity contribution < 1.29 is 0 Å². The van der Waals surface area contributed by atoms with Crippen LogP contribution in [0.1, 0.15) is 18.2 Å². The van der Waals surface area contributed by atoms with E-state index in [0.717, 1.165) is 27.8 Å². The average Bonchev–Trinajstić information content (AvgIpc) is 2.46. The lowest BCUT2D eigenvalue weighted by Crippen LogP contribution is -2.23. The van der Waals surface area contributed by atoms with Gasteiger partial charge in [-0.2, -0.15) is 4.98 Å². The van der Waals surface area contributed by atoms with Crippen LogP contribution in [0.5, 0.6) is 0 Å². The quantitative estimate of drug-likeness (QED) is 0.719. The van der Waals surface area contributed by atoms with Gasteiger partial charge in [0.15, 0.2) is 0 Å². The first kappa shape index (κ1) is 13.8. The molecule has 4 heteroatoms. The second-order valence-electron chi connectivity index (χ2n) is 5.03. The van der Waals surface area contributed by atoms with Crippen molar-refractivity contribution in [1.29, 1.82) is 0 Å². The molecular formula is C17H15ClN2O. The van der Waals surface area contributed by atoms with Gasteiger partial charge in [-0.1, -0.05) is 30.7 Å². The third-order valence-corrected chi connectivity index (χ3v) is 3.76. The van der Waals surface area contributed by atoms with E-state index in [9.17, 15) is 4.79 Å². The molecule has 0 unspecified atom stereocenters. The number of aryl methyl sites for hydroxylation is 2. The molecule has 0 aliphatic rings. The maximum Gasteiger partial charge on any atom is 0.352 e. The summed E-state index contributed by atoms with van der Waals surface area (Å²) < 4.78 is 1.62. The lowest BCUT2D eigenvalue weighted by atomic mass is 10.1. The molecule has 0 spiro atoms. The lowest BCUT2D eigenvalue weighted by Gasteiger charge is -2.13. The van der Waals surface area contributed by atoms with Gasteiger partial charge < -0.3 is 0 Å². The minimum atomic E-state index is -0.271. The van der Waals surface area contributed by atoms with Gasteiger partial charge in [0, 0.05) is 10.4 Å². The van der Waals surface area contributed by atoms with E-state index >= 15 is 0 Å². The highest BCUT2D eigenvalue weighted by Crippen LogP contribution is 2.23. The summed E-state index contributed by atoms with van der Waals surface area (Å²) in [4.78, 5) is 16.7. The number of hydrogen-bond acceptors (Lipinski definition) is 2. The first-order chi connectivity index (χ1) is 10.1. The summed E-state index contributed by atoms with van der Waals surface area (Å²) in [5, 5.41) is 1.57. The second kappa shape index (κ2) is 5.34. The van der Waals surface area contributed by atoms with Crippen LogP contribution < -0.4 is 5.69 Å². The Hall–Kier alpha value is -2.13. The summed E-state index contributed by atoms with van der Waals surface area (Å²) in [6, 6.07) is 13.4. The largest absolute Gasteiger partial charge is 0.352 e. The number of hydrogen-bond donors (Lipinski definition) is 0. The molecule has 0 N–H and O–H groups in total. The number of nitrogens with zero attached hydrogens (tertiary/aromatic N) is 2. The van der Waals surface area contributed by atoms with Crippen LogP contribution in [-0.4, -0.2) is 9.55 Å². The Morgan fingerprint density at radius 3 is 2.71 bits per heavy atom. The van der Waals surface area contributed by atoms with Gasteiger partial charge in [0.05, 0.1) is 16.9 Å². The zero-order chi connectivity index (χ0) is 15.0. The normalized spacial score (nSPS) is 11.0. The highest BCUT2D eigenvalue weighted by atomic mass is 35.5. The molecule has 0 saturated carbocycles. The highest BCUT2D eigenvalue weighted by Gasteiger charge is 2.11. The first-order valence-corrected chi connectivity index (χ1v) is 7.26. The fraction of sp³-hybridized carbons (Fsp3) is 0.176. The molecule has 0 saturated heterocycles. The molecule has 2 aromatic carbocycles. The molecule has 3 rings (SSSR count). The molecule has 21 heavy (non-hydrogen) atoms. The van der Waals surface area contributed by atoms with Crippen LogP contribution in [0.15, 0.2) is 47.3 Å². The van der Waals surface area contributed by atoms with Gasteiger partial charge >= 0.3 is 5.69 Å². The predicted octanol–water partition coefficient (Wildman–Crippen LogP) is 3.91. The van der Waals surface area contributed by atoms with Crippen LogP contribution in [0.2, 0.25) is 5.02 Å². The zero-order valence-electron chi connectivity index (χ0n) is 11.9. The molecule has 3 aromatic rings. The molecule has 0 atom stereocenters. The Morgan fingerprint density at radius 1 is 1.19 bits per heavy atom. The minimum absolute atomic E-state index is 0.271. The minimum Gasteiger partial charge on any atom is -0.260 e. The summed E-state index contributed by atoms with van der Waals surface area (Å²) in [6.07, 6.45) is 0.710. The van der Waals surface area contributed by atoms with Gasteiger partial charge in [-0.15, -0.1) is 0 Å². The van der Waals surface area contributed by atoms with Crippen molar-refractivity contribution in [3.8, 4) is 5.69 Å². The van der Waals surface area contributed by atoms with Crippen LogP contribution in [0.25, 0.3) is 16.6 Å². The lowest BCUT2D eigenvalue weighted by molar-refractivity contribution is 0.909. The summed E-state index contributed by atoms with van der Waals surface area (Å²) in [5.41, 5.74) is 3.23. The van der Waals surface area contributed by atoms with Gasteiger partial charge in [-0.05, 0) is 49.2 Å². The Kier molecular flexibility index (Phi) is 3.52. The first-order valence-electron chi connectivity index (χ1n) is 6.88. The van der Waals surface area contributed by atoms with Crippen molar-refractivity contribution >= 4 is 22.5 Å². The molecule has 0 radical (unpaired) electrons. The van der Waals surface area contributed by atoms with Crippen LogP contribution >= 0.6 is 11.6 Å². The number of aromatic nitrogens is 2. The smallest absolute Gasteiger partial charge is 0.260 e. The van der Waals surface area contributed by atoms with E-state index in [4.69, 9.17) is 11.6 Å². The monoisotopic (exact) mass is 298 g/mol. The zero-order valence-corrected chi connectivity index (χ0v) is 12.7. The predicted molar refractivity (Wildman–Crippen MR) is 86.5 cm³/mol.